The molecule has 0 aliphatic heterocycles. The first-order valence-corrected chi connectivity index (χ1v) is 9.32. The molecule has 5 nitrogen and oxygen atoms in total. The smallest absolute Gasteiger partial charge is 0.332 e. The third-order valence-corrected chi connectivity index (χ3v) is 5.58. The number of carbonyl (C=O) groups is 2. The van der Waals surface area contributed by atoms with Gasteiger partial charge in [0.1, 0.15) is 0 Å². The lowest BCUT2D eigenvalue weighted by Gasteiger charge is -2.37. The molecule has 0 bridgehead atoms. The van der Waals surface area contributed by atoms with Crippen LogP contribution in [0.3, 0.4) is 0 Å². The zero-order valence-corrected chi connectivity index (χ0v) is 15.0. The van der Waals surface area contributed by atoms with Crippen LogP contribution in [-0.4, -0.2) is 31.4 Å². The first-order valence-electron chi connectivity index (χ1n) is 9.32. The maximum absolute atomic E-state index is 11.1. The summed E-state index contributed by atoms with van der Waals surface area (Å²) < 4.78 is 15.7. The highest BCUT2D eigenvalue weighted by molar-refractivity contribution is 5.81. The van der Waals surface area contributed by atoms with Crippen molar-refractivity contribution in [3.63, 3.8) is 0 Å². The Kier molecular flexibility index (Phi) is 8.19. The van der Waals surface area contributed by atoms with Crippen LogP contribution in [0.1, 0.15) is 51.4 Å². The lowest BCUT2D eigenvalue weighted by molar-refractivity contribution is -0.157. The molecule has 0 atom stereocenters. The number of esters is 2. The van der Waals surface area contributed by atoms with Gasteiger partial charge in [-0.1, -0.05) is 13.2 Å². The van der Waals surface area contributed by atoms with E-state index in [9.17, 15) is 9.59 Å². The third-order valence-electron chi connectivity index (χ3n) is 5.58. The van der Waals surface area contributed by atoms with Gasteiger partial charge in [-0.25, -0.2) is 9.59 Å². The fraction of sp³-hybridized carbons (Fsp3) is 0.700. The Hall–Kier alpha value is -1.62. The van der Waals surface area contributed by atoms with Gasteiger partial charge in [-0.2, -0.15) is 0 Å². The summed E-state index contributed by atoms with van der Waals surface area (Å²) in [5.74, 6) is 1.29. The molecule has 25 heavy (non-hydrogen) atoms. The first kappa shape index (κ1) is 19.7. The van der Waals surface area contributed by atoms with Crippen molar-refractivity contribution in [1.29, 1.82) is 0 Å². The second-order valence-electron chi connectivity index (χ2n) is 7.10. The van der Waals surface area contributed by atoms with Crippen LogP contribution in [0.5, 0.6) is 0 Å². The van der Waals surface area contributed by atoms with Crippen LogP contribution in [0, 0.1) is 17.8 Å². The minimum atomic E-state index is -0.441. The molecule has 0 aromatic rings. The van der Waals surface area contributed by atoms with Crippen molar-refractivity contribution in [1.82, 2.24) is 0 Å². The Morgan fingerprint density at radius 3 is 1.88 bits per heavy atom. The SMILES string of the molecule is C=CC(=O)OCOC1CCC(C2CCC(COC(=O)C=C)CC2)CC1. The van der Waals surface area contributed by atoms with Gasteiger partial charge in [-0.3, -0.25) is 0 Å². The summed E-state index contributed by atoms with van der Waals surface area (Å²) in [6.07, 6.45) is 11.7. The Morgan fingerprint density at radius 1 is 0.800 bits per heavy atom. The van der Waals surface area contributed by atoms with Crippen LogP contribution in [0.15, 0.2) is 25.3 Å². The number of hydrogen-bond acceptors (Lipinski definition) is 5. The van der Waals surface area contributed by atoms with Crippen molar-refractivity contribution < 1.29 is 23.8 Å². The molecule has 0 amide bonds. The lowest BCUT2D eigenvalue weighted by atomic mass is 9.71. The quantitative estimate of drug-likeness (QED) is 0.379. The summed E-state index contributed by atoms with van der Waals surface area (Å²) in [7, 11) is 0. The molecule has 0 N–H and O–H groups in total. The summed E-state index contributed by atoms with van der Waals surface area (Å²) in [4.78, 5) is 22.1. The molecule has 140 valence electrons. The van der Waals surface area contributed by atoms with Gasteiger partial charge in [0, 0.05) is 12.2 Å². The minimum Gasteiger partial charge on any atom is -0.462 e. The molecule has 0 radical (unpaired) electrons. The molecule has 2 saturated carbocycles. The van der Waals surface area contributed by atoms with E-state index in [0.717, 1.165) is 43.6 Å². The highest BCUT2D eigenvalue weighted by atomic mass is 16.7. The van der Waals surface area contributed by atoms with Crippen LogP contribution in [-0.2, 0) is 23.8 Å². The zero-order chi connectivity index (χ0) is 18.1. The Balaban J connectivity index is 1.60. The Bertz CT molecular complexity index is 457. The zero-order valence-electron chi connectivity index (χ0n) is 15.0. The van der Waals surface area contributed by atoms with E-state index in [-0.39, 0.29) is 18.9 Å². The maximum atomic E-state index is 11.1. The van der Waals surface area contributed by atoms with Crippen molar-refractivity contribution in [2.75, 3.05) is 13.4 Å². The van der Waals surface area contributed by atoms with Gasteiger partial charge in [-0.05, 0) is 69.1 Å². The standard InChI is InChI=1S/C20H30O5/c1-3-19(21)23-13-15-5-7-16(8-6-15)17-9-11-18(12-10-17)24-14-25-20(22)4-2/h3-4,15-18H,1-2,5-14H2. The van der Waals surface area contributed by atoms with Gasteiger partial charge < -0.3 is 14.2 Å². The second kappa shape index (κ2) is 10.4. The lowest BCUT2D eigenvalue weighted by Crippen LogP contribution is -2.30. The van der Waals surface area contributed by atoms with Gasteiger partial charge in [-0.15, -0.1) is 0 Å². The largest absolute Gasteiger partial charge is 0.462 e. The van der Waals surface area contributed by atoms with E-state index < -0.39 is 5.97 Å². The molecule has 2 aliphatic rings. The highest BCUT2D eigenvalue weighted by Crippen LogP contribution is 2.40. The molecule has 2 fully saturated rings. The molecule has 2 rings (SSSR count). The van der Waals surface area contributed by atoms with Crippen molar-refractivity contribution in [3.05, 3.63) is 25.3 Å². The molecule has 0 aromatic heterocycles. The van der Waals surface area contributed by atoms with Gasteiger partial charge in [0.2, 0.25) is 0 Å². The van der Waals surface area contributed by atoms with E-state index in [0.29, 0.717) is 12.5 Å². The number of hydrogen-bond donors (Lipinski definition) is 0. The molecule has 0 unspecified atom stereocenters. The molecule has 0 saturated heterocycles. The third kappa shape index (κ3) is 6.65. The van der Waals surface area contributed by atoms with E-state index in [1.165, 1.54) is 31.8 Å². The first-order chi connectivity index (χ1) is 12.1. The summed E-state index contributed by atoms with van der Waals surface area (Å²) >= 11 is 0. The van der Waals surface area contributed by atoms with Crippen molar-refractivity contribution >= 4 is 11.9 Å². The summed E-state index contributed by atoms with van der Waals surface area (Å²) in [6.45, 7) is 7.33. The minimum absolute atomic E-state index is 0.0225. The van der Waals surface area contributed by atoms with Crippen LogP contribution in [0.2, 0.25) is 0 Å². The van der Waals surface area contributed by atoms with Crippen LogP contribution in [0.4, 0.5) is 0 Å². The number of rotatable bonds is 8. The summed E-state index contributed by atoms with van der Waals surface area (Å²) in [5.41, 5.74) is 0. The molecule has 0 heterocycles. The summed E-state index contributed by atoms with van der Waals surface area (Å²) in [5, 5.41) is 0. The predicted octanol–water partition coefficient (Wildman–Crippen LogP) is 3.78. The Morgan fingerprint density at radius 2 is 1.32 bits per heavy atom. The molecule has 2 aliphatic carbocycles. The van der Waals surface area contributed by atoms with Gasteiger partial charge in [0.15, 0.2) is 6.79 Å². The maximum Gasteiger partial charge on any atom is 0.332 e. The Labute approximate surface area is 150 Å². The average Bonchev–Trinajstić information content (AvgIpc) is 2.67. The normalized spacial score (nSPS) is 29.4. The number of carbonyl (C=O) groups excluding carboxylic acids is 2. The van der Waals surface area contributed by atoms with Crippen molar-refractivity contribution in [2.45, 2.75) is 57.5 Å². The van der Waals surface area contributed by atoms with Gasteiger partial charge in [0.25, 0.3) is 0 Å². The van der Waals surface area contributed by atoms with Gasteiger partial charge in [0.05, 0.1) is 12.7 Å². The van der Waals surface area contributed by atoms with Crippen LogP contribution >= 0.6 is 0 Å². The van der Waals surface area contributed by atoms with Gasteiger partial charge >= 0.3 is 11.9 Å². The molecular formula is C20H30O5. The fourth-order valence-electron chi connectivity index (χ4n) is 4.06. The highest BCUT2D eigenvalue weighted by Gasteiger charge is 2.31. The van der Waals surface area contributed by atoms with E-state index in [4.69, 9.17) is 14.2 Å². The van der Waals surface area contributed by atoms with Crippen LogP contribution < -0.4 is 0 Å². The number of ether oxygens (including phenoxy) is 3. The molecular weight excluding hydrogens is 320 g/mol. The van der Waals surface area contributed by atoms with E-state index in [2.05, 4.69) is 13.2 Å². The monoisotopic (exact) mass is 350 g/mol. The predicted molar refractivity (Wildman–Crippen MR) is 94.6 cm³/mol. The topological polar surface area (TPSA) is 61.8 Å². The molecule has 0 aromatic carbocycles. The fourth-order valence-corrected chi connectivity index (χ4v) is 4.06. The molecule has 5 heteroatoms. The average molecular weight is 350 g/mol. The van der Waals surface area contributed by atoms with E-state index in [1.54, 1.807) is 0 Å². The summed E-state index contributed by atoms with van der Waals surface area (Å²) in [6, 6.07) is 0. The van der Waals surface area contributed by atoms with Crippen molar-refractivity contribution in [2.24, 2.45) is 17.8 Å². The van der Waals surface area contributed by atoms with Crippen LogP contribution in [0.25, 0.3) is 0 Å². The van der Waals surface area contributed by atoms with Crippen molar-refractivity contribution in [3.8, 4) is 0 Å². The second-order valence-corrected chi connectivity index (χ2v) is 7.10. The molecule has 0 spiro atoms. The van der Waals surface area contributed by atoms with E-state index in [1.807, 2.05) is 0 Å². The van der Waals surface area contributed by atoms with E-state index >= 15 is 0 Å².